The number of ether oxygens (including phenoxy) is 1. The Morgan fingerprint density at radius 3 is 2.37 bits per heavy atom. The molecule has 2 rings (SSSR count). The van der Waals surface area contributed by atoms with Gasteiger partial charge in [0, 0.05) is 5.69 Å². The van der Waals surface area contributed by atoms with E-state index in [-0.39, 0.29) is 5.75 Å². The van der Waals surface area contributed by atoms with Crippen LogP contribution in [-0.2, 0) is 0 Å². The molecule has 100 valence electrons. The van der Waals surface area contributed by atoms with Crippen molar-refractivity contribution in [2.24, 2.45) is 0 Å². The molecule has 6 heteroatoms. The Hall–Kier alpha value is -2.24. The molecule has 0 fully saturated rings. The molecule has 0 atom stereocenters. The first-order valence-corrected chi connectivity index (χ1v) is 5.44. The van der Waals surface area contributed by atoms with Crippen LogP contribution in [0.2, 0.25) is 0 Å². The molecule has 0 aliphatic rings. The topological polar surface area (TPSA) is 27.1 Å². The van der Waals surface area contributed by atoms with E-state index < -0.39 is 6.36 Å². The van der Waals surface area contributed by atoms with Crippen molar-refractivity contribution in [2.45, 2.75) is 13.3 Å². The van der Waals surface area contributed by atoms with E-state index in [1.54, 1.807) is 10.8 Å². The fourth-order valence-corrected chi connectivity index (χ4v) is 1.65. The SMILES string of the molecule is C=Cc1cc(C)n(-c2ccc(OC(F)(F)F)cc2)n1. The second-order valence-corrected chi connectivity index (χ2v) is 3.87. The third kappa shape index (κ3) is 3.15. The minimum absolute atomic E-state index is 0.259. The maximum absolute atomic E-state index is 12.0. The van der Waals surface area contributed by atoms with Crippen molar-refractivity contribution >= 4 is 6.08 Å². The van der Waals surface area contributed by atoms with E-state index in [4.69, 9.17) is 0 Å². The van der Waals surface area contributed by atoms with Crippen molar-refractivity contribution in [1.29, 1.82) is 0 Å². The van der Waals surface area contributed by atoms with Gasteiger partial charge in [-0.15, -0.1) is 13.2 Å². The minimum atomic E-state index is -4.68. The highest BCUT2D eigenvalue weighted by Gasteiger charge is 2.30. The highest BCUT2D eigenvalue weighted by molar-refractivity contribution is 5.45. The Bertz CT molecular complexity index is 585. The first-order chi connectivity index (χ1) is 8.89. The predicted octanol–water partition coefficient (Wildman–Crippen LogP) is 3.72. The Morgan fingerprint density at radius 1 is 1.26 bits per heavy atom. The Labute approximate surface area is 107 Å². The van der Waals surface area contributed by atoms with E-state index in [1.165, 1.54) is 24.3 Å². The summed E-state index contributed by atoms with van der Waals surface area (Å²) < 4.78 is 41.5. The third-order valence-electron chi connectivity index (χ3n) is 2.43. The third-order valence-corrected chi connectivity index (χ3v) is 2.43. The first kappa shape index (κ1) is 13.2. The van der Waals surface area contributed by atoms with Gasteiger partial charge in [0.15, 0.2) is 0 Å². The summed E-state index contributed by atoms with van der Waals surface area (Å²) in [6, 6.07) is 7.34. The van der Waals surface area contributed by atoms with Crippen LogP contribution in [0.4, 0.5) is 13.2 Å². The monoisotopic (exact) mass is 268 g/mol. The lowest BCUT2D eigenvalue weighted by molar-refractivity contribution is -0.274. The van der Waals surface area contributed by atoms with Crippen LogP contribution in [0.3, 0.4) is 0 Å². The Kier molecular flexibility index (Phi) is 3.33. The fraction of sp³-hybridized carbons (Fsp3) is 0.154. The van der Waals surface area contributed by atoms with Gasteiger partial charge >= 0.3 is 6.36 Å². The summed E-state index contributed by atoms with van der Waals surface area (Å²) in [5, 5.41) is 4.24. The van der Waals surface area contributed by atoms with Gasteiger partial charge in [0.1, 0.15) is 5.75 Å². The summed E-state index contributed by atoms with van der Waals surface area (Å²) in [7, 11) is 0. The van der Waals surface area contributed by atoms with Gasteiger partial charge in [0.2, 0.25) is 0 Å². The summed E-state index contributed by atoms with van der Waals surface area (Å²) in [6.07, 6.45) is -3.08. The van der Waals surface area contributed by atoms with Gasteiger partial charge in [-0.1, -0.05) is 6.58 Å². The molecule has 1 aromatic heterocycles. The van der Waals surface area contributed by atoms with Crippen molar-refractivity contribution in [2.75, 3.05) is 0 Å². The van der Waals surface area contributed by atoms with Crippen LogP contribution >= 0.6 is 0 Å². The zero-order valence-corrected chi connectivity index (χ0v) is 10.1. The van der Waals surface area contributed by atoms with Gasteiger partial charge in [-0.25, -0.2) is 4.68 Å². The van der Waals surface area contributed by atoms with E-state index >= 15 is 0 Å². The molecular weight excluding hydrogens is 257 g/mol. The summed E-state index contributed by atoms with van der Waals surface area (Å²) >= 11 is 0. The van der Waals surface area contributed by atoms with Gasteiger partial charge in [-0.05, 0) is 43.3 Å². The Balaban J connectivity index is 2.27. The van der Waals surface area contributed by atoms with Crippen molar-refractivity contribution < 1.29 is 17.9 Å². The van der Waals surface area contributed by atoms with Crippen LogP contribution in [0.25, 0.3) is 11.8 Å². The number of rotatable bonds is 3. The fourth-order valence-electron chi connectivity index (χ4n) is 1.65. The second-order valence-electron chi connectivity index (χ2n) is 3.87. The van der Waals surface area contributed by atoms with E-state index in [1.807, 2.05) is 13.0 Å². The van der Waals surface area contributed by atoms with Crippen LogP contribution in [0.15, 0.2) is 36.9 Å². The number of hydrogen-bond donors (Lipinski definition) is 0. The zero-order chi connectivity index (χ0) is 14.0. The molecule has 2 aromatic rings. The molecule has 0 aliphatic heterocycles. The van der Waals surface area contributed by atoms with Crippen LogP contribution < -0.4 is 4.74 Å². The molecule has 0 spiro atoms. The number of aromatic nitrogens is 2. The maximum atomic E-state index is 12.0. The molecule has 3 nitrogen and oxygen atoms in total. The molecule has 19 heavy (non-hydrogen) atoms. The Morgan fingerprint density at radius 2 is 1.89 bits per heavy atom. The summed E-state index contributed by atoms with van der Waals surface area (Å²) in [5.41, 5.74) is 2.22. The molecule has 0 saturated carbocycles. The molecule has 0 aliphatic carbocycles. The van der Waals surface area contributed by atoms with E-state index in [2.05, 4.69) is 16.4 Å². The molecule has 0 unspecified atom stereocenters. The van der Waals surface area contributed by atoms with E-state index in [9.17, 15) is 13.2 Å². The number of nitrogens with zero attached hydrogens (tertiary/aromatic N) is 2. The lowest BCUT2D eigenvalue weighted by Gasteiger charge is -2.09. The second kappa shape index (κ2) is 4.79. The first-order valence-electron chi connectivity index (χ1n) is 5.44. The molecule has 0 N–H and O–H groups in total. The quantitative estimate of drug-likeness (QED) is 0.848. The van der Waals surface area contributed by atoms with Crippen molar-refractivity contribution in [3.8, 4) is 11.4 Å². The number of hydrogen-bond acceptors (Lipinski definition) is 2. The van der Waals surface area contributed by atoms with Crippen molar-refractivity contribution in [3.63, 3.8) is 0 Å². The highest BCUT2D eigenvalue weighted by atomic mass is 19.4. The standard InChI is InChI=1S/C13H11F3N2O/c1-3-10-8-9(2)18(17-10)11-4-6-12(7-5-11)19-13(14,15)16/h3-8H,1H2,2H3. The number of alkyl halides is 3. The average molecular weight is 268 g/mol. The predicted molar refractivity (Wildman–Crippen MR) is 65.1 cm³/mol. The lowest BCUT2D eigenvalue weighted by atomic mass is 10.3. The molecule has 0 radical (unpaired) electrons. The van der Waals surface area contributed by atoms with Gasteiger partial charge in [-0.2, -0.15) is 5.10 Å². The molecule has 0 amide bonds. The molecule has 0 bridgehead atoms. The number of halogens is 3. The van der Waals surface area contributed by atoms with Crippen molar-refractivity contribution in [1.82, 2.24) is 9.78 Å². The van der Waals surface area contributed by atoms with Gasteiger partial charge < -0.3 is 4.74 Å². The van der Waals surface area contributed by atoms with Crippen LogP contribution in [0.1, 0.15) is 11.4 Å². The van der Waals surface area contributed by atoms with Gasteiger partial charge in [-0.3, -0.25) is 0 Å². The zero-order valence-electron chi connectivity index (χ0n) is 10.1. The summed E-state index contributed by atoms with van der Waals surface area (Å²) in [5.74, 6) is -0.259. The number of benzene rings is 1. The summed E-state index contributed by atoms with van der Waals surface area (Å²) in [4.78, 5) is 0. The molecule has 0 saturated heterocycles. The van der Waals surface area contributed by atoms with E-state index in [0.29, 0.717) is 11.4 Å². The molecule has 1 aromatic carbocycles. The highest BCUT2D eigenvalue weighted by Crippen LogP contribution is 2.24. The summed E-state index contributed by atoms with van der Waals surface area (Å²) in [6.45, 7) is 5.46. The van der Waals surface area contributed by atoms with Gasteiger partial charge in [0.05, 0.1) is 11.4 Å². The molecular formula is C13H11F3N2O. The largest absolute Gasteiger partial charge is 0.573 e. The normalized spacial score (nSPS) is 11.4. The smallest absolute Gasteiger partial charge is 0.406 e. The minimum Gasteiger partial charge on any atom is -0.406 e. The van der Waals surface area contributed by atoms with Crippen LogP contribution in [0.5, 0.6) is 5.75 Å². The molecule has 1 heterocycles. The van der Waals surface area contributed by atoms with Crippen molar-refractivity contribution in [3.05, 3.63) is 48.3 Å². The van der Waals surface area contributed by atoms with Gasteiger partial charge in [0.25, 0.3) is 0 Å². The maximum Gasteiger partial charge on any atom is 0.573 e. The van der Waals surface area contributed by atoms with Crippen LogP contribution in [-0.4, -0.2) is 16.1 Å². The lowest BCUT2D eigenvalue weighted by Crippen LogP contribution is -2.17. The van der Waals surface area contributed by atoms with Crippen LogP contribution in [0, 0.1) is 6.92 Å². The average Bonchev–Trinajstić information content (AvgIpc) is 2.70. The number of aryl methyl sites for hydroxylation is 1. The van der Waals surface area contributed by atoms with E-state index in [0.717, 1.165) is 5.69 Å².